The molecule has 4 nitrogen and oxygen atoms in total. The van der Waals surface area contributed by atoms with Gasteiger partial charge in [0.05, 0.1) is 39.7 Å². The van der Waals surface area contributed by atoms with Gasteiger partial charge in [0.25, 0.3) is 0 Å². The summed E-state index contributed by atoms with van der Waals surface area (Å²) in [4.78, 5) is 26.0. The topological polar surface area (TPSA) is 55.4 Å². The fourth-order valence-corrected chi connectivity index (χ4v) is 3.98. The first kappa shape index (κ1) is 18.5. The van der Waals surface area contributed by atoms with Gasteiger partial charge in [-0.1, -0.05) is 59.6 Å². The van der Waals surface area contributed by atoms with E-state index >= 15 is 0 Å². The molecular weight excluding hydrogens is 397 g/mol. The van der Waals surface area contributed by atoms with Crippen molar-refractivity contribution in [2.24, 2.45) is 0 Å². The first-order valence-electron chi connectivity index (χ1n) is 8.55. The van der Waals surface area contributed by atoms with Gasteiger partial charge in [-0.05, 0) is 24.6 Å². The summed E-state index contributed by atoms with van der Waals surface area (Å²) in [5.41, 5.74) is 2.97. The Kier molecular flexibility index (Phi) is 4.61. The summed E-state index contributed by atoms with van der Waals surface area (Å²) in [5, 5.41) is 3.52. The number of halogens is 2. The molecule has 28 heavy (non-hydrogen) atoms. The highest BCUT2D eigenvalue weighted by Crippen LogP contribution is 2.42. The van der Waals surface area contributed by atoms with Gasteiger partial charge in [0, 0.05) is 11.1 Å². The summed E-state index contributed by atoms with van der Waals surface area (Å²) >= 11 is 13.0. The first-order chi connectivity index (χ1) is 13.4. The van der Waals surface area contributed by atoms with Crippen molar-refractivity contribution in [3.05, 3.63) is 86.4 Å². The number of carbonyl (C=O) groups excluding carboxylic acids is 2. The van der Waals surface area contributed by atoms with E-state index in [2.05, 4.69) is 5.32 Å². The minimum atomic E-state index is -0.322. The van der Waals surface area contributed by atoms with E-state index in [0.29, 0.717) is 28.3 Å². The Labute approximate surface area is 172 Å². The average molecular weight is 412 g/mol. The normalized spacial score (nSPS) is 12.4. The molecule has 140 valence electrons. The predicted molar refractivity (Wildman–Crippen MR) is 111 cm³/mol. The zero-order valence-electron chi connectivity index (χ0n) is 15.1. The van der Waals surface area contributed by atoms with Gasteiger partial charge in [0.15, 0.2) is 11.6 Å². The smallest absolute Gasteiger partial charge is 0.196 e. The van der Waals surface area contributed by atoms with Gasteiger partial charge in [-0.3, -0.25) is 9.59 Å². The van der Waals surface area contributed by atoms with E-state index in [4.69, 9.17) is 27.9 Å². The maximum Gasteiger partial charge on any atom is 0.196 e. The van der Waals surface area contributed by atoms with E-state index in [1.54, 1.807) is 37.4 Å². The van der Waals surface area contributed by atoms with Crippen molar-refractivity contribution in [1.82, 2.24) is 0 Å². The maximum atomic E-state index is 13.1. The quantitative estimate of drug-likeness (QED) is 0.460. The second-order valence-electron chi connectivity index (χ2n) is 6.45. The van der Waals surface area contributed by atoms with Gasteiger partial charge in [0.1, 0.15) is 5.75 Å². The van der Waals surface area contributed by atoms with Crippen LogP contribution in [0.2, 0.25) is 10.0 Å². The van der Waals surface area contributed by atoms with Crippen LogP contribution in [0.5, 0.6) is 5.75 Å². The van der Waals surface area contributed by atoms with Crippen LogP contribution in [-0.2, 0) is 0 Å². The molecule has 0 saturated heterocycles. The molecule has 4 rings (SSSR count). The lowest BCUT2D eigenvalue weighted by Gasteiger charge is -2.22. The molecule has 3 aromatic carbocycles. The van der Waals surface area contributed by atoms with Crippen molar-refractivity contribution >= 4 is 46.1 Å². The van der Waals surface area contributed by atoms with Crippen molar-refractivity contribution in [2.75, 3.05) is 12.4 Å². The number of para-hydroxylation sites is 1. The summed E-state index contributed by atoms with van der Waals surface area (Å²) in [6.45, 7) is 1.92. The van der Waals surface area contributed by atoms with Gasteiger partial charge in [0.2, 0.25) is 0 Å². The van der Waals surface area contributed by atoms with Gasteiger partial charge in [-0.2, -0.15) is 0 Å². The third-order valence-corrected chi connectivity index (χ3v) is 5.49. The Hall–Kier alpha value is -2.82. The Morgan fingerprint density at radius 2 is 1.54 bits per heavy atom. The number of ketones is 2. The number of methoxy groups -OCH3 is 1. The van der Waals surface area contributed by atoms with Crippen molar-refractivity contribution in [3.63, 3.8) is 0 Å². The summed E-state index contributed by atoms with van der Waals surface area (Å²) in [6, 6.07) is 13.8. The van der Waals surface area contributed by atoms with Crippen LogP contribution in [0.25, 0.3) is 0 Å². The molecule has 0 spiro atoms. The zero-order chi connectivity index (χ0) is 20.0. The van der Waals surface area contributed by atoms with E-state index in [-0.39, 0.29) is 32.7 Å². The van der Waals surface area contributed by atoms with Crippen molar-refractivity contribution in [3.8, 4) is 5.75 Å². The molecule has 1 aliphatic carbocycles. The Morgan fingerprint density at radius 1 is 0.893 bits per heavy atom. The monoisotopic (exact) mass is 411 g/mol. The molecule has 0 amide bonds. The second-order valence-corrected chi connectivity index (χ2v) is 7.24. The van der Waals surface area contributed by atoms with Crippen LogP contribution < -0.4 is 10.1 Å². The van der Waals surface area contributed by atoms with Crippen molar-refractivity contribution in [1.29, 1.82) is 0 Å². The van der Waals surface area contributed by atoms with Crippen molar-refractivity contribution in [2.45, 2.75) is 6.92 Å². The fourth-order valence-electron chi connectivity index (χ4n) is 3.41. The molecule has 0 saturated carbocycles. The molecule has 3 aromatic rings. The predicted octanol–water partition coefficient (Wildman–Crippen LogP) is 5.83. The van der Waals surface area contributed by atoms with Crippen LogP contribution in [0.4, 0.5) is 11.4 Å². The number of aryl methyl sites for hydroxylation is 1. The molecule has 0 fully saturated rings. The lowest BCUT2D eigenvalue weighted by atomic mass is 9.83. The molecule has 6 heteroatoms. The second kappa shape index (κ2) is 6.97. The largest absolute Gasteiger partial charge is 0.495 e. The number of benzene rings is 3. The molecule has 0 unspecified atom stereocenters. The SMILES string of the molecule is COc1cccc(C)c1Nc1cc(Cl)c2c(c1Cl)C(=O)c1ccccc1C2=O. The number of hydrogen-bond acceptors (Lipinski definition) is 4. The average Bonchev–Trinajstić information content (AvgIpc) is 2.70. The van der Waals surface area contributed by atoms with Crippen LogP contribution in [-0.4, -0.2) is 18.7 Å². The van der Waals surface area contributed by atoms with Gasteiger partial charge < -0.3 is 10.1 Å². The molecule has 0 aliphatic heterocycles. The lowest BCUT2D eigenvalue weighted by Crippen LogP contribution is -2.22. The van der Waals surface area contributed by atoms with E-state index in [9.17, 15) is 9.59 Å². The van der Waals surface area contributed by atoms with Gasteiger partial charge in [-0.15, -0.1) is 0 Å². The number of nitrogens with one attached hydrogen (secondary N) is 1. The highest BCUT2D eigenvalue weighted by atomic mass is 35.5. The highest BCUT2D eigenvalue weighted by molar-refractivity contribution is 6.45. The van der Waals surface area contributed by atoms with Gasteiger partial charge >= 0.3 is 0 Å². The Bertz CT molecular complexity index is 1150. The molecule has 0 radical (unpaired) electrons. The third-order valence-electron chi connectivity index (χ3n) is 4.80. The molecule has 0 bridgehead atoms. The number of fused-ring (bicyclic) bond motifs is 2. The standard InChI is InChI=1S/C22H15Cl2NO3/c1-11-6-5-9-16(28-2)20(11)25-15-10-14(23)17-18(19(15)24)22(27)13-8-4-3-7-12(13)21(17)26/h3-10,25H,1-2H3. The minimum Gasteiger partial charge on any atom is -0.495 e. The number of carbonyl (C=O) groups is 2. The number of hydrogen-bond donors (Lipinski definition) is 1. The van der Waals surface area contributed by atoms with E-state index in [1.165, 1.54) is 0 Å². The molecule has 1 aliphatic rings. The fraction of sp³-hybridized carbons (Fsp3) is 0.0909. The van der Waals surface area contributed by atoms with Crippen LogP contribution >= 0.6 is 23.2 Å². The highest BCUT2D eigenvalue weighted by Gasteiger charge is 2.34. The summed E-state index contributed by atoms with van der Waals surface area (Å²) < 4.78 is 5.41. The summed E-state index contributed by atoms with van der Waals surface area (Å²) in [5.74, 6) is -0.00715. The number of anilines is 2. The van der Waals surface area contributed by atoms with Crippen molar-refractivity contribution < 1.29 is 14.3 Å². The molecule has 0 heterocycles. The first-order valence-corrected chi connectivity index (χ1v) is 9.30. The van der Waals surface area contributed by atoms with Crippen LogP contribution in [0, 0.1) is 6.92 Å². The van der Waals surface area contributed by atoms with E-state index in [0.717, 1.165) is 5.56 Å². The minimum absolute atomic E-state index is 0.118. The third kappa shape index (κ3) is 2.77. The molecule has 0 aromatic heterocycles. The number of rotatable bonds is 3. The van der Waals surface area contributed by atoms with Gasteiger partial charge in [-0.25, -0.2) is 0 Å². The summed E-state index contributed by atoms with van der Waals surface area (Å²) in [7, 11) is 1.57. The molecular formula is C22H15Cl2NO3. The van der Waals surface area contributed by atoms with Crippen LogP contribution in [0.1, 0.15) is 37.4 Å². The summed E-state index contributed by atoms with van der Waals surface area (Å²) in [6.07, 6.45) is 0. The Balaban J connectivity index is 1.90. The Morgan fingerprint density at radius 3 is 2.18 bits per heavy atom. The molecule has 1 N–H and O–H groups in total. The van der Waals surface area contributed by atoms with Crippen LogP contribution in [0.15, 0.2) is 48.5 Å². The zero-order valence-corrected chi connectivity index (χ0v) is 16.6. The molecule has 0 atom stereocenters. The van der Waals surface area contributed by atoms with E-state index < -0.39 is 0 Å². The van der Waals surface area contributed by atoms with Crippen LogP contribution in [0.3, 0.4) is 0 Å². The lowest BCUT2D eigenvalue weighted by molar-refractivity contribution is 0.0979. The van der Waals surface area contributed by atoms with E-state index in [1.807, 2.05) is 25.1 Å². The number of ether oxygens (including phenoxy) is 1. The maximum absolute atomic E-state index is 13.1.